The maximum atomic E-state index is 5.88. The fourth-order valence-corrected chi connectivity index (χ4v) is 2.17. The van der Waals surface area contributed by atoms with E-state index >= 15 is 0 Å². The van der Waals surface area contributed by atoms with Crippen molar-refractivity contribution in [3.05, 3.63) is 33.8 Å². The van der Waals surface area contributed by atoms with Crippen LogP contribution in [0.2, 0.25) is 5.15 Å². The van der Waals surface area contributed by atoms with Crippen LogP contribution in [0.25, 0.3) is 10.6 Å². The van der Waals surface area contributed by atoms with Crippen molar-refractivity contribution < 1.29 is 0 Å². The Bertz CT molecular complexity index is 451. The Hall–Kier alpha value is -0.930. The van der Waals surface area contributed by atoms with Crippen LogP contribution >= 0.6 is 22.9 Å². The molecule has 2 heterocycles. The molecule has 0 saturated heterocycles. The van der Waals surface area contributed by atoms with Gasteiger partial charge in [-0.2, -0.15) is 0 Å². The molecule has 0 aromatic carbocycles. The third kappa shape index (κ3) is 1.53. The Morgan fingerprint density at radius 1 is 1.21 bits per heavy atom. The first-order chi connectivity index (χ1) is 6.70. The van der Waals surface area contributed by atoms with Gasteiger partial charge in [-0.3, -0.25) is 0 Å². The smallest absolute Gasteiger partial charge is 0.148 e. The Labute approximate surface area is 91.6 Å². The fraction of sp³-hybridized carbons (Fsp3) is 0.200. The molecule has 0 fully saturated rings. The van der Waals surface area contributed by atoms with E-state index in [0.717, 1.165) is 21.7 Å². The van der Waals surface area contributed by atoms with Gasteiger partial charge in [0.15, 0.2) is 5.15 Å². The van der Waals surface area contributed by atoms with Crippen molar-refractivity contribution in [1.82, 2.24) is 10.2 Å². The van der Waals surface area contributed by atoms with Crippen molar-refractivity contribution in [3.63, 3.8) is 0 Å². The molecule has 0 aliphatic heterocycles. The van der Waals surface area contributed by atoms with Crippen LogP contribution in [0, 0.1) is 13.8 Å². The number of thiophene rings is 1. The van der Waals surface area contributed by atoms with Gasteiger partial charge < -0.3 is 0 Å². The first-order valence-corrected chi connectivity index (χ1v) is 5.49. The number of nitrogens with zero attached hydrogens (tertiary/aromatic N) is 2. The van der Waals surface area contributed by atoms with E-state index in [9.17, 15) is 0 Å². The maximum absolute atomic E-state index is 5.88. The monoisotopic (exact) mass is 224 g/mol. The quantitative estimate of drug-likeness (QED) is 0.741. The zero-order valence-corrected chi connectivity index (χ0v) is 9.49. The molecule has 0 bridgehead atoms. The summed E-state index contributed by atoms with van der Waals surface area (Å²) in [6, 6.07) is 4.04. The van der Waals surface area contributed by atoms with Gasteiger partial charge >= 0.3 is 0 Å². The summed E-state index contributed by atoms with van der Waals surface area (Å²) < 4.78 is 0. The minimum atomic E-state index is 0.489. The summed E-state index contributed by atoms with van der Waals surface area (Å²) in [4.78, 5) is 1.13. The normalized spacial score (nSPS) is 10.5. The summed E-state index contributed by atoms with van der Waals surface area (Å²) in [5, 5.41) is 10.5. The molecule has 0 N–H and O–H groups in total. The molecular weight excluding hydrogens is 216 g/mol. The molecule has 2 aromatic heterocycles. The lowest BCUT2D eigenvalue weighted by Gasteiger charge is -2.05. The topological polar surface area (TPSA) is 25.8 Å². The van der Waals surface area contributed by atoms with Gasteiger partial charge in [-0.1, -0.05) is 17.7 Å². The van der Waals surface area contributed by atoms with E-state index in [2.05, 4.69) is 10.2 Å². The van der Waals surface area contributed by atoms with Crippen molar-refractivity contribution >= 4 is 22.9 Å². The van der Waals surface area contributed by atoms with Crippen molar-refractivity contribution in [2.75, 3.05) is 0 Å². The molecule has 0 aliphatic carbocycles. The number of rotatable bonds is 1. The first-order valence-electron chi connectivity index (χ1n) is 4.23. The van der Waals surface area contributed by atoms with Crippen LogP contribution in [0.3, 0.4) is 0 Å². The van der Waals surface area contributed by atoms with Crippen LogP contribution in [0.4, 0.5) is 0 Å². The molecule has 0 aliphatic rings. The average molecular weight is 225 g/mol. The van der Waals surface area contributed by atoms with E-state index in [1.807, 2.05) is 31.4 Å². The summed E-state index contributed by atoms with van der Waals surface area (Å²) in [5.74, 6) is 0. The molecule has 2 nitrogen and oxygen atoms in total. The average Bonchev–Trinajstić information content (AvgIpc) is 2.67. The van der Waals surface area contributed by atoms with Crippen LogP contribution < -0.4 is 0 Å². The third-order valence-electron chi connectivity index (χ3n) is 2.22. The Kier molecular flexibility index (Phi) is 2.52. The standard InChI is InChI=1S/C10H9ClN2S/c1-6-7(2)10(11)13-12-9(6)8-4-3-5-14-8/h3-5H,1-2H3. The predicted molar refractivity (Wildman–Crippen MR) is 59.8 cm³/mol. The van der Waals surface area contributed by atoms with Gasteiger partial charge in [-0.15, -0.1) is 21.5 Å². The van der Waals surface area contributed by atoms with E-state index in [4.69, 9.17) is 11.6 Å². The fourth-order valence-electron chi connectivity index (χ4n) is 1.22. The molecule has 0 radical (unpaired) electrons. The van der Waals surface area contributed by atoms with Gasteiger partial charge in [0.1, 0.15) is 5.69 Å². The van der Waals surface area contributed by atoms with Crippen molar-refractivity contribution in [2.45, 2.75) is 13.8 Å². The highest BCUT2D eigenvalue weighted by molar-refractivity contribution is 7.13. The minimum absolute atomic E-state index is 0.489. The van der Waals surface area contributed by atoms with E-state index in [1.54, 1.807) is 11.3 Å². The molecule has 72 valence electrons. The summed E-state index contributed by atoms with van der Waals surface area (Å²) in [6.07, 6.45) is 0. The SMILES string of the molecule is Cc1c(Cl)nnc(-c2cccs2)c1C. The van der Waals surface area contributed by atoms with E-state index in [1.165, 1.54) is 0 Å². The van der Waals surface area contributed by atoms with E-state index in [-0.39, 0.29) is 0 Å². The zero-order valence-electron chi connectivity index (χ0n) is 7.91. The number of hydrogen-bond donors (Lipinski definition) is 0. The van der Waals surface area contributed by atoms with Crippen LogP contribution in [-0.4, -0.2) is 10.2 Å². The van der Waals surface area contributed by atoms with E-state index in [0.29, 0.717) is 5.15 Å². The second kappa shape index (κ2) is 3.67. The molecule has 4 heteroatoms. The van der Waals surface area contributed by atoms with Gasteiger partial charge in [0.25, 0.3) is 0 Å². The summed E-state index contributed by atoms with van der Waals surface area (Å²) in [7, 11) is 0. The highest BCUT2D eigenvalue weighted by atomic mass is 35.5. The predicted octanol–water partition coefficient (Wildman–Crippen LogP) is 3.48. The Morgan fingerprint density at radius 2 is 2.00 bits per heavy atom. The molecule has 0 saturated carbocycles. The lowest BCUT2D eigenvalue weighted by Crippen LogP contribution is -1.95. The summed E-state index contributed by atoms with van der Waals surface area (Å²) in [5.41, 5.74) is 3.04. The van der Waals surface area contributed by atoms with Crippen LogP contribution in [-0.2, 0) is 0 Å². The molecule has 0 atom stereocenters. The minimum Gasteiger partial charge on any atom is -0.148 e. The zero-order chi connectivity index (χ0) is 10.1. The lowest BCUT2D eigenvalue weighted by molar-refractivity contribution is 1.01. The van der Waals surface area contributed by atoms with Crippen LogP contribution in [0.5, 0.6) is 0 Å². The molecule has 2 rings (SSSR count). The molecular formula is C10H9ClN2S. The van der Waals surface area contributed by atoms with Crippen LogP contribution in [0.15, 0.2) is 17.5 Å². The van der Waals surface area contributed by atoms with Crippen molar-refractivity contribution in [2.24, 2.45) is 0 Å². The van der Waals surface area contributed by atoms with E-state index < -0.39 is 0 Å². The number of hydrogen-bond acceptors (Lipinski definition) is 3. The second-order valence-electron chi connectivity index (χ2n) is 3.07. The molecule has 0 unspecified atom stereocenters. The van der Waals surface area contributed by atoms with Gasteiger partial charge in [0.2, 0.25) is 0 Å². The van der Waals surface area contributed by atoms with Crippen molar-refractivity contribution in [3.8, 4) is 10.6 Å². The molecule has 0 spiro atoms. The maximum Gasteiger partial charge on any atom is 0.154 e. The highest BCUT2D eigenvalue weighted by Crippen LogP contribution is 2.28. The first kappa shape index (κ1) is 9.62. The number of aromatic nitrogens is 2. The van der Waals surface area contributed by atoms with Crippen LogP contribution in [0.1, 0.15) is 11.1 Å². The molecule has 0 amide bonds. The third-order valence-corrected chi connectivity index (χ3v) is 3.46. The van der Waals surface area contributed by atoms with Gasteiger partial charge in [0, 0.05) is 0 Å². The van der Waals surface area contributed by atoms with Crippen molar-refractivity contribution in [1.29, 1.82) is 0 Å². The number of halogens is 1. The lowest BCUT2D eigenvalue weighted by atomic mass is 10.1. The molecule has 14 heavy (non-hydrogen) atoms. The Morgan fingerprint density at radius 3 is 2.64 bits per heavy atom. The van der Waals surface area contributed by atoms with Gasteiger partial charge in [0.05, 0.1) is 4.88 Å². The van der Waals surface area contributed by atoms with Gasteiger partial charge in [-0.05, 0) is 36.4 Å². The van der Waals surface area contributed by atoms with Gasteiger partial charge in [-0.25, -0.2) is 0 Å². The summed E-state index contributed by atoms with van der Waals surface area (Å²) >= 11 is 7.54. The largest absolute Gasteiger partial charge is 0.154 e. The second-order valence-corrected chi connectivity index (χ2v) is 4.37. The summed E-state index contributed by atoms with van der Waals surface area (Å²) in [6.45, 7) is 3.98. The highest BCUT2D eigenvalue weighted by Gasteiger charge is 2.10. The Balaban J connectivity index is 2.61. The molecule has 2 aromatic rings.